The molecule has 0 spiro atoms. The molecule has 0 bridgehead atoms. The molecule has 0 aromatic heterocycles. The normalized spacial score (nSPS) is 18.7. The van der Waals surface area contributed by atoms with Crippen molar-refractivity contribution in [2.24, 2.45) is 17.8 Å². The molecule has 0 aromatic carbocycles. The van der Waals surface area contributed by atoms with Crippen LogP contribution in [0.5, 0.6) is 0 Å². The first-order valence-corrected chi connectivity index (χ1v) is 5.69. The molecule has 90 valence electrons. The summed E-state index contributed by atoms with van der Waals surface area (Å²) >= 11 is 0. The summed E-state index contributed by atoms with van der Waals surface area (Å²) in [5, 5.41) is 0. The number of rotatable bonds is 6. The average molecular weight is 226 g/mol. The van der Waals surface area contributed by atoms with Gasteiger partial charge in [-0.1, -0.05) is 6.92 Å². The SMILES string of the molecule is CCOC(=O)[C@H](C(C)=O)[C@H](C)C(=O)C1CC1. The Morgan fingerprint density at radius 2 is 1.88 bits per heavy atom. The summed E-state index contributed by atoms with van der Waals surface area (Å²) in [6.07, 6.45) is 1.77. The van der Waals surface area contributed by atoms with Crippen LogP contribution >= 0.6 is 0 Å². The number of ketones is 2. The third-order valence-corrected chi connectivity index (χ3v) is 2.91. The highest BCUT2D eigenvalue weighted by Gasteiger charge is 2.41. The van der Waals surface area contributed by atoms with Crippen LogP contribution in [0.3, 0.4) is 0 Å². The predicted octanol–water partition coefficient (Wildman–Crippen LogP) is 1.37. The average Bonchev–Trinajstić information content (AvgIpc) is 2.99. The molecule has 0 amide bonds. The minimum atomic E-state index is -0.923. The van der Waals surface area contributed by atoms with Crippen molar-refractivity contribution in [3.63, 3.8) is 0 Å². The second-order valence-corrected chi connectivity index (χ2v) is 4.31. The van der Waals surface area contributed by atoms with Crippen LogP contribution in [0.15, 0.2) is 0 Å². The largest absolute Gasteiger partial charge is 0.465 e. The minimum Gasteiger partial charge on any atom is -0.465 e. The second kappa shape index (κ2) is 5.23. The van der Waals surface area contributed by atoms with Gasteiger partial charge in [0, 0.05) is 11.8 Å². The van der Waals surface area contributed by atoms with Crippen LogP contribution in [0.2, 0.25) is 0 Å². The van der Waals surface area contributed by atoms with Crippen LogP contribution < -0.4 is 0 Å². The van der Waals surface area contributed by atoms with Gasteiger partial charge < -0.3 is 4.74 Å². The maximum atomic E-state index is 11.8. The number of carbonyl (C=O) groups excluding carboxylic acids is 3. The second-order valence-electron chi connectivity index (χ2n) is 4.31. The van der Waals surface area contributed by atoms with Crippen molar-refractivity contribution >= 4 is 17.5 Å². The highest BCUT2D eigenvalue weighted by molar-refractivity contribution is 6.03. The molecule has 1 rings (SSSR count). The van der Waals surface area contributed by atoms with E-state index in [9.17, 15) is 14.4 Å². The Morgan fingerprint density at radius 3 is 2.25 bits per heavy atom. The summed E-state index contributed by atoms with van der Waals surface area (Å²) in [6, 6.07) is 0. The fourth-order valence-electron chi connectivity index (χ4n) is 1.86. The fraction of sp³-hybridized carbons (Fsp3) is 0.750. The first-order valence-electron chi connectivity index (χ1n) is 5.69. The number of carbonyl (C=O) groups is 3. The summed E-state index contributed by atoms with van der Waals surface area (Å²) in [5.41, 5.74) is 0. The van der Waals surface area contributed by atoms with E-state index in [1.165, 1.54) is 6.92 Å². The number of Topliss-reactive ketones (excluding diaryl/α,β-unsaturated/α-hetero) is 2. The molecule has 0 N–H and O–H groups in total. The van der Waals surface area contributed by atoms with Crippen LogP contribution in [0.25, 0.3) is 0 Å². The Hall–Kier alpha value is -1.19. The first-order chi connectivity index (χ1) is 7.49. The Bertz CT molecular complexity index is 304. The molecule has 2 atom stereocenters. The molecule has 4 nitrogen and oxygen atoms in total. The zero-order valence-electron chi connectivity index (χ0n) is 9.99. The molecule has 1 aliphatic carbocycles. The summed E-state index contributed by atoms with van der Waals surface area (Å²) < 4.78 is 4.82. The van der Waals surface area contributed by atoms with Gasteiger partial charge in [0.25, 0.3) is 0 Å². The maximum Gasteiger partial charge on any atom is 0.317 e. The Kier molecular flexibility index (Phi) is 4.21. The zero-order chi connectivity index (χ0) is 12.3. The van der Waals surface area contributed by atoms with E-state index >= 15 is 0 Å². The number of hydrogen-bond donors (Lipinski definition) is 0. The quantitative estimate of drug-likeness (QED) is 0.507. The monoisotopic (exact) mass is 226 g/mol. The summed E-state index contributed by atoms with van der Waals surface area (Å²) in [4.78, 5) is 34.8. The molecule has 0 radical (unpaired) electrons. The van der Waals surface area contributed by atoms with Crippen LogP contribution in [-0.2, 0) is 19.1 Å². The van der Waals surface area contributed by atoms with Gasteiger partial charge in [-0.25, -0.2) is 0 Å². The van der Waals surface area contributed by atoms with E-state index in [0.717, 1.165) is 12.8 Å². The van der Waals surface area contributed by atoms with Crippen molar-refractivity contribution in [2.75, 3.05) is 6.61 Å². The third kappa shape index (κ3) is 2.90. The van der Waals surface area contributed by atoms with E-state index in [4.69, 9.17) is 4.74 Å². The van der Waals surface area contributed by atoms with E-state index in [-0.39, 0.29) is 24.1 Å². The Morgan fingerprint density at radius 1 is 1.31 bits per heavy atom. The van der Waals surface area contributed by atoms with Gasteiger partial charge in [0.2, 0.25) is 0 Å². The molecule has 0 aromatic rings. The molecule has 0 heterocycles. The molecule has 0 aliphatic heterocycles. The van der Waals surface area contributed by atoms with E-state index < -0.39 is 17.8 Å². The van der Waals surface area contributed by atoms with Gasteiger partial charge >= 0.3 is 5.97 Å². The van der Waals surface area contributed by atoms with Crippen molar-refractivity contribution in [1.29, 1.82) is 0 Å². The molecule has 4 heteroatoms. The Labute approximate surface area is 95.3 Å². The lowest BCUT2D eigenvalue weighted by Gasteiger charge is -2.18. The lowest BCUT2D eigenvalue weighted by Crippen LogP contribution is -2.35. The maximum absolute atomic E-state index is 11.8. The van der Waals surface area contributed by atoms with Crippen molar-refractivity contribution in [2.45, 2.75) is 33.6 Å². The van der Waals surface area contributed by atoms with Gasteiger partial charge in [-0.2, -0.15) is 0 Å². The van der Waals surface area contributed by atoms with Crippen LogP contribution in [-0.4, -0.2) is 24.1 Å². The van der Waals surface area contributed by atoms with Crippen molar-refractivity contribution in [3.05, 3.63) is 0 Å². The first kappa shape index (κ1) is 12.9. The van der Waals surface area contributed by atoms with Crippen molar-refractivity contribution in [1.82, 2.24) is 0 Å². The molecular formula is C12H18O4. The van der Waals surface area contributed by atoms with Gasteiger partial charge in [-0.3, -0.25) is 14.4 Å². The molecule has 1 aliphatic rings. The summed E-state index contributed by atoms with van der Waals surface area (Å²) in [7, 11) is 0. The molecule has 1 fully saturated rings. The highest BCUT2D eigenvalue weighted by atomic mass is 16.5. The predicted molar refractivity (Wildman–Crippen MR) is 57.7 cm³/mol. The Balaban J connectivity index is 2.71. The standard InChI is InChI=1S/C12H18O4/c1-4-16-12(15)10(8(3)13)7(2)11(14)9-5-6-9/h7,9-10H,4-6H2,1-3H3/t7-,10-/m0/s1. The lowest BCUT2D eigenvalue weighted by molar-refractivity contribution is -0.155. The van der Waals surface area contributed by atoms with Gasteiger partial charge in [0.05, 0.1) is 6.61 Å². The number of esters is 1. The zero-order valence-corrected chi connectivity index (χ0v) is 9.99. The van der Waals surface area contributed by atoms with Gasteiger partial charge in [0.15, 0.2) is 0 Å². The molecule has 0 saturated heterocycles. The lowest BCUT2D eigenvalue weighted by atomic mass is 9.85. The van der Waals surface area contributed by atoms with E-state index in [2.05, 4.69) is 0 Å². The van der Waals surface area contributed by atoms with Gasteiger partial charge in [-0.15, -0.1) is 0 Å². The fourth-order valence-corrected chi connectivity index (χ4v) is 1.86. The minimum absolute atomic E-state index is 0.0215. The van der Waals surface area contributed by atoms with E-state index in [0.29, 0.717) is 0 Å². The van der Waals surface area contributed by atoms with Crippen molar-refractivity contribution < 1.29 is 19.1 Å². The van der Waals surface area contributed by atoms with Crippen LogP contribution in [0.1, 0.15) is 33.6 Å². The van der Waals surface area contributed by atoms with Crippen LogP contribution in [0, 0.1) is 17.8 Å². The molecule has 16 heavy (non-hydrogen) atoms. The summed E-state index contributed by atoms with van der Waals surface area (Å²) in [6.45, 7) is 4.89. The van der Waals surface area contributed by atoms with Crippen LogP contribution in [0.4, 0.5) is 0 Å². The number of ether oxygens (including phenoxy) is 1. The van der Waals surface area contributed by atoms with E-state index in [1.807, 2.05) is 0 Å². The number of hydrogen-bond acceptors (Lipinski definition) is 4. The molecular weight excluding hydrogens is 208 g/mol. The third-order valence-electron chi connectivity index (χ3n) is 2.91. The van der Waals surface area contributed by atoms with E-state index in [1.54, 1.807) is 13.8 Å². The summed E-state index contributed by atoms with van der Waals surface area (Å²) in [5.74, 6) is -2.26. The molecule has 1 saturated carbocycles. The highest BCUT2D eigenvalue weighted by Crippen LogP contribution is 2.34. The van der Waals surface area contributed by atoms with Crippen molar-refractivity contribution in [3.8, 4) is 0 Å². The van der Waals surface area contributed by atoms with Gasteiger partial charge in [-0.05, 0) is 26.7 Å². The smallest absolute Gasteiger partial charge is 0.317 e. The molecule has 0 unspecified atom stereocenters. The van der Waals surface area contributed by atoms with Gasteiger partial charge in [0.1, 0.15) is 17.5 Å². The topological polar surface area (TPSA) is 60.4 Å².